The molecular weight excluding hydrogens is 389 g/mol. The summed E-state index contributed by atoms with van der Waals surface area (Å²) in [6.45, 7) is 1.13. The smallest absolute Gasteiger partial charge is 0.328 e. The Morgan fingerprint density at radius 1 is 1.26 bits per heavy atom. The number of nitrogens with zero attached hydrogens (tertiary/aromatic N) is 2. The minimum Gasteiger partial charge on any atom is -0.478 e. The van der Waals surface area contributed by atoms with Crippen molar-refractivity contribution in [3.05, 3.63) is 63.8 Å². The van der Waals surface area contributed by atoms with E-state index in [-0.39, 0.29) is 11.9 Å². The van der Waals surface area contributed by atoms with Crippen LogP contribution in [-0.2, 0) is 4.79 Å². The second kappa shape index (κ2) is 8.41. The molecule has 2 heterocycles. The number of carbonyl (C=O) groups excluding carboxylic acids is 1. The molecule has 0 unspecified atom stereocenters. The second-order valence-corrected chi connectivity index (χ2v) is 6.95. The van der Waals surface area contributed by atoms with Gasteiger partial charge in [0.25, 0.3) is 5.91 Å². The lowest BCUT2D eigenvalue weighted by Crippen LogP contribution is -2.31. The summed E-state index contributed by atoms with van der Waals surface area (Å²) in [6, 6.07) is 8.64. The number of aliphatic carboxylic acids is 1. The van der Waals surface area contributed by atoms with Gasteiger partial charge in [-0.25, -0.2) is 9.78 Å². The first-order valence-electron chi connectivity index (χ1n) is 8.31. The fraction of sp³-hybridized carbons (Fsp3) is 0.211. The zero-order chi connectivity index (χ0) is 19.4. The molecule has 6 nitrogen and oxygen atoms in total. The van der Waals surface area contributed by atoms with Crippen molar-refractivity contribution in [3.8, 4) is 0 Å². The predicted molar refractivity (Wildman–Crippen MR) is 105 cm³/mol. The van der Waals surface area contributed by atoms with Crippen LogP contribution in [0.3, 0.4) is 0 Å². The molecule has 1 aliphatic heterocycles. The van der Waals surface area contributed by atoms with Crippen molar-refractivity contribution in [3.63, 3.8) is 0 Å². The highest BCUT2D eigenvalue weighted by Crippen LogP contribution is 2.25. The molecular formula is C19H17Cl2N3O3. The van der Waals surface area contributed by atoms with Crippen LogP contribution >= 0.6 is 23.2 Å². The highest BCUT2D eigenvalue weighted by Gasteiger charge is 2.28. The average Bonchev–Trinajstić information content (AvgIpc) is 3.10. The molecule has 0 bridgehead atoms. The third kappa shape index (κ3) is 4.78. The first-order chi connectivity index (χ1) is 12.9. The molecule has 27 heavy (non-hydrogen) atoms. The van der Waals surface area contributed by atoms with E-state index < -0.39 is 5.97 Å². The lowest BCUT2D eigenvalue weighted by atomic mass is 10.2. The van der Waals surface area contributed by atoms with E-state index in [2.05, 4.69) is 10.3 Å². The van der Waals surface area contributed by atoms with Crippen LogP contribution < -0.4 is 5.32 Å². The van der Waals surface area contributed by atoms with Crippen molar-refractivity contribution in [1.82, 2.24) is 9.88 Å². The minimum absolute atomic E-state index is 0.0156. The van der Waals surface area contributed by atoms with Gasteiger partial charge < -0.3 is 15.3 Å². The van der Waals surface area contributed by atoms with E-state index in [1.807, 2.05) is 0 Å². The Kier molecular flexibility index (Phi) is 5.98. The summed E-state index contributed by atoms with van der Waals surface area (Å²) < 4.78 is 0. The van der Waals surface area contributed by atoms with E-state index in [0.29, 0.717) is 40.1 Å². The van der Waals surface area contributed by atoms with Crippen LogP contribution in [0.5, 0.6) is 0 Å². The molecule has 1 fully saturated rings. The third-order valence-electron chi connectivity index (χ3n) is 4.20. The maximum Gasteiger partial charge on any atom is 0.328 e. The van der Waals surface area contributed by atoms with Crippen molar-refractivity contribution in [2.45, 2.75) is 12.5 Å². The van der Waals surface area contributed by atoms with Crippen LogP contribution in [0.2, 0.25) is 10.0 Å². The number of carboxylic acid groups (broad SMARTS) is 1. The van der Waals surface area contributed by atoms with Gasteiger partial charge in [-0.3, -0.25) is 4.79 Å². The minimum atomic E-state index is -1.04. The molecule has 1 aliphatic rings. The van der Waals surface area contributed by atoms with Crippen molar-refractivity contribution in [1.29, 1.82) is 0 Å². The Labute approximate surface area is 166 Å². The Balaban J connectivity index is 1.64. The van der Waals surface area contributed by atoms with Crippen molar-refractivity contribution >= 4 is 47.0 Å². The van der Waals surface area contributed by atoms with Gasteiger partial charge in [-0.2, -0.15) is 0 Å². The Morgan fingerprint density at radius 2 is 2.04 bits per heavy atom. The number of carbonyl (C=O) groups is 2. The van der Waals surface area contributed by atoms with E-state index in [0.717, 1.165) is 12.5 Å². The van der Waals surface area contributed by atoms with Crippen LogP contribution in [0.1, 0.15) is 22.3 Å². The fourth-order valence-electron chi connectivity index (χ4n) is 2.88. The maximum atomic E-state index is 12.6. The van der Waals surface area contributed by atoms with Crippen LogP contribution in [0, 0.1) is 0 Å². The molecule has 1 aromatic heterocycles. The normalized spacial score (nSPS) is 16.7. The molecule has 0 saturated carbocycles. The van der Waals surface area contributed by atoms with Crippen LogP contribution in [0.4, 0.5) is 5.82 Å². The van der Waals surface area contributed by atoms with E-state index in [1.165, 1.54) is 12.3 Å². The van der Waals surface area contributed by atoms with Crippen LogP contribution in [0.15, 0.2) is 42.6 Å². The van der Waals surface area contributed by atoms with Crippen molar-refractivity contribution < 1.29 is 14.7 Å². The number of hydrogen-bond acceptors (Lipinski definition) is 4. The van der Waals surface area contributed by atoms with Gasteiger partial charge >= 0.3 is 5.97 Å². The number of likely N-dealkylation sites (tertiary alicyclic amines) is 1. The van der Waals surface area contributed by atoms with Crippen LogP contribution in [0.25, 0.3) is 6.08 Å². The number of halogens is 2. The molecule has 0 aliphatic carbocycles. The first kappa shape index (κ1) is 19.2. The number of amides is 1. The quantitative estimate of drug-likeness (QED) is 0.738. The van der Waals surface area contributed by atoms with Gasteiger partial charge in [-0.05, 0) is 36.3 Å². The maximum absolute atomic E-state index is 12.6. The number of pyridine rings is 1. The molecule has 0 spiro atoms. The molecule has 140 valence electrons. The largest absolute Gasteiger partial charge is 0.478 e. The van der Waals surface area contributed by atoms with Gasteiger partial charge in [0, 0.05) is 31.4 Å². The molecule has 8 heteroatoms. The number of carboxylic acids is 1. The SMILES string of the molecule is O=C(O)C=Cc1cnc(N[C@@H]2CCN(C(=O)c3ccccc3Cl)C2)c(Cl)c1. The highest BCUT2D eigenvalue weighted by atomic mass is 35.5. The molecule has 2 N–H and O–H groups in total. The lowest BCUT2D eigenvalue weighted by molar-refractivity contribution is -0.131. The van der Waals surface area contributed by atoms with Gasteiger partial charge in [0.2, 0.25) is 0 Å². The van der Waals surface area contributed by atoms with Gasteiger partial charge in [-0.15, -0.1) is 0 Å². The van der Waals surface area contributed by atoms with E-state index in [9.17, 15) is 9.59 Å². The summed E-state index contributed by atoms with van der Waals surface area (Å²) in [4.78, 5) is 29.2. The van der Waals surface area contributed by atoms with Gasteiger partial charge in [-0.1, -0.05) is 35.3 Å². The zero-order valence-corrected chi connectivity index (χ0v) is 15.7. The molecule has 0 radical (unpaired) electrons. The van der Waals surface area contributed by atoms with E-state index >= 15 is 0 Å². The van der Waals surface area contributed by atoms with Gasteiger partial charge in [0.05, 0.1) is 15.6 Å². The second-order valence-electron chi connectivity index (χ2n) is 6.13. The summed E-state index contributed by atoms with van der Waals surface area (Å²) in [5, 5.41) is 12.7. The van der Waals surface area contributed by atoms with E-state index in [4.69, 9.17) is 28.3 Å². The third-order valence-corrected chi connectivity index (χ3v) is 4.82. The molecule has 3 rings (SSSR count). The Bertz CT molecular complexity index is 902. The number of rotatable bonds is 5. The number of aromatic nitrogens is 1. The van der Waals surface area contributed by atoms with Crippen molar-refractivity contribution in [2.24, 2.45) is 0 Å². The zero-order valence-electron chi connectivity index (χ0n) is 14.2. The number of nitrogens with one attached hydrogen (secondary N) is 1. The number of anilines is 1. The first-order valence-corrected chi connectivity index (χ1v) is 9.06. The summed E-state index contributed by atoms with van der Waals surface area (Å²) in [7, 11) is 0. The molecule has 2 aromatic rings. The Morgan fingerprint density at radius 3 is 2.74 bits per heavy atom. The monoisotopic (exact) mass is 405 g/mol. The number of benzene rings is 1. The standard InChI is InChI=1S/C19H17Cl2N3O3/c20-15-4-2-1-3-14(15)19(27)24-8-7-13(11-24)23-18-16(21)9-12(10-22-18)5-6-17(25)26/h1-6,9-10,13H,7-8,11H2,(H,22,23)(H,25,26)/t13-/m1/s1. The number of hydrogen-bond donors (Lipinski definition) is 2. The highest BCUT2D eigenvalue weighted by molar-refractivity contribution is 6.34. The Hall–Kier alpha value is -2.57. The molecule has 1 atom stereocenters. The van der Waals surface area contributed by atoms with E-state index in [1.54, 1.807) is 35.2 Å². The summed E-state index contributed by atoms with van der Waals surface area (Å²) in [5.41, 5.74) is 1.08. The molecule has 1 saturated heterocycles. The summed E-state index contributed by atoms with van der Waals surface area (Å²) in [5.74, 6) is -0.637. The predicted octanol–water partition coefficient (Wildman–Crippen LogP) is 3.81. The van der Waals surface area contributed by atoms with Gasteiger partial charge in [0.15, 0.2) is 0 Å². The summed E-state index contributed by atoms with van der Waals surface area (Å²) in [6.07, 6.45) is 4.74. The van der Waals surface area contributed by atoms with Crippen molar-refractivity contribution in [2.75, 3.05) is 18.4 Å². The topological polar surface area (TPSA) is 82.5 Å². The van der Waals surface area contributed by atoms with Crippen LogP contribution in [-0.4, -0.2) is 46.0 Å². The average molecular weight is 406 g/mol. The fourth-order valence-corrected chi connectivity index (χ4v) is 3.32. The van der Waals surface area contributed by atoms with Gasteiger partial charge in [0.1, 0.15) is 5.82 Å². The lowest BCUT2D eigenvalue weighted by Gasteiger charge is -2.18. The molecule has 1 amide bonds. The molecule has 1 aromatic carbocycles. The summed E-state index contributed by atoms with van der Waals surface area (Å²) >= 11 is 12.3.